The van der Waals surface area contributed by atoms with Gasteiger partial charge in [0.1, 0.15) is 5.75 Å². The van der Waals surface area contributed by atoms with Crippen LogP contribution >= 0.6 is 15.9 Å². The number of anilines is 3. The van der Waals surface area contributed by atoms with Crippen LogP contribution in [0.3, 0.4) is 0 Å². The van der Waals surface area contributed by atoms with Crippen molar-refractivity contribution in [3.63, 3.8) is 0 Å². The molecule has 3 aromatic carbocycles. The van der Waals surface area contributed by atoms with E-state index in [4.69, 9.17) is 4.65 Å². The highest BCUT2D eigenvalue weighted by molar-refractivity contribution is 9.10. The van der Waals surface area contributed by atoms with E-state index < -0.39 is 19.0 Å². The van der Waals surface area contributed by atoms with Crippen LogP contribution in [-0.4, -0.2) is 35.2 Å². The fourth-order valence-corrected chi connectivity index (χ4v) is 7.66. The third kappa shape index (κ3) is 6.53. The number of benzene rings is 3. The van der Waals surface area contributed by atoms with Gasteiger partial charge in [0.15, 0.2) is 0 Å². The summed E-state index contributed by atoms with van der Waals surface area (Å²) in [7, 11) is -1.01. The Balaban J connectivity index is 1.23. The molecule has 45 heavy (non-hydrogen) atoms. The molecule has 1 aliphatic carbocycles. The zero-order chi connectivity index (χ0) is 31.7. The van der Waals surface area contributed by atoms with Crippen LogP contribution in [-0.2, 0) is 14.2 Å². The van der Waals surface area contributed by atoms with Crippen LogP contribution in [0, 0.1) is 17.8 Å². The van der Waals surface area contributed by atoms with Gasteiger partial charge in [-0.25, -0.2) is 0 Å². The van der Waals surface area contributed by atoms with E-state index in [0.29, 0.717) is 31.3 Å². The number of imide groups is 1. The summed E-state index contributed by atoms with van der Waals surface area (Å²) >= 11 is 3.47. The second kappa shape index (κ2) is 13.4. The summed E-state index contributed by atoms with van der Waals surface area (Å²) in [6.07, 6.45) is 5.52. The Morgan fingerprint density at radius 1 is 1.04 bits per heavy atom. The monoisotopic (exact) mass is 668 g/mol. The molecule has 0 radical (unpaired) electrons. The van der Waals surface area contributed by atoms with Crippen molar-refractivity contribution in [1.82, 2.24) is 0 Å². The molecule has 232 valence electrons. The lowest BCUT2D eigenvalue weighted by molar-refractivity contribution is -0.122. The lowest BCUT2D eigenvalue weighted by Crippen LogP contribution is -2.46. The Morgan fingerprint density at radius 2 is 1.78 bits per heavy atom. The average molecular weight is 669 g/mol. The number of para-hydroxylation sites is 1. The molecule has 6 rings (SSSR count). The minimum Gasteiger partial charge on any atom is -0.507 e. The molecule has 4 atom stereocenters. The molecule has 0 bridgehead atoms. The van der Waals surface area contributed by atoms with Crippen LogP contribution in [0.4, 0.5) is 17.1 Å². The number of phenolic OH excluding ortho intramolecular Hbond substituents is 1. The van der Waals surface area contributed by atoms with Crippen molar-refractivity contribution in [1.29, 1.82) is 0 Å². The number of phenols is 1. The largest absolute Gasteiger partial charge is 0.507 e. The fourth-order valence-electron chi connectivity index (χ4n) is 7.28. The standard InChI is InChI=1S/C36H38BBrN2O5/c1-3-7-23-20-29-34(36(43)40(35(29)42)28-14-12-27(13-15-28)39-26-8-5-4-6-9-26)30-21-37(44)45-32(33(23)30)17-10-22(2)18-24-19-25(38)11-16-31(24)41/h4-6,8-9,11-16,18-19,29-30,32,34,39,41,44H,3,7,10,17,20-21H2,1-2H3/b22-18+/t29-,30+,32-,34-/m1/s1. The summed E-state index contributed by atoms with van der Waals surface area (Å²) < 4.78 is 7.04. The van der Waals surface area contributed by atoms with Crippen LogP contribution < -0.4 is 10.2 Å². The number of hydrogen-bond acceptors (Lipinski definition) is 6. The summed E-state index contributed by atoms with van der Waals surface area (Å²) in [5.74, 6) is -1.36. The average Bonchev–Trinajstić information content (AvgIpc) is 3.27. The predicted molar refractivity (Wildman–Crippen MR) is 182 cm³/mol. The van der Waals surface area contributed by atoms with Gasteiger partial charge >= 0.3 is 7.12 Å². The first kappa shape index (κ1) is 31.3. The van der Waals surface area contributed by atoms with E-state index in [9.17, 15) is 19.7 Å². The maximum absolute atomic E-state index is 14.1. The molecule has 0 aromatic heterocycles. The van der Waals surface area contributed by atoms with Gasteiger partial charge in [0, 0.05) is 21.4 Å². The first-order chi connectivity index (χ1) is 21.7. The number of fused-ring (bicyclic) bond motifs is 3. The summed E-state index contributed by atoms with van der Waals surface area (Å²) in [6, 6.07) is 22.6. The first-order valence-electron chi connectivity index (χ1n) is 15.7. The van der Waals surface area contributed by atoms with Gasteiger partial charge in [-0.3, -0.25) is 14.5 Å². The molecule has 7 nitrogen and oxygen atoms in total. The van der Waals surface area contributed by atoms with E-state index in [0.717, 1.165) is 45.4 Å². The van der Waals surface area contributed by atoms with E-state index in [1.165, 1.54) is 10.5 Å². The van der Waals surface area contributed by atoms with E-state index >= 15 is 0 Å². The summed E-state index contributed by atoms with van der Waals surface area (Å²) in [4.78, 5) is 29.4. The Bertz CT molecular complexity index is 1640. The molecule has 3 N–H and O–H groups in total. The molecule has 9 heteroatoms. The van der Waals surface area contributed by atoms with Crippen LogP contribution in [0.15, 0.2) is 94.0 Å². The number of nitrogens with one attached hydrogen (secondary N) is 1. The highest BCUT2D eigenvalue weighted by atomic mass is 79.9. The zero-order valence-corrected chi connectivity index (χ0v) is 27.2. The van der Waals surface area contributed by atoms with E-state index in [1.807, 2.05) is 73.7 Å². The van der Waals surface area contributed by atoms with Gasteiger partial charge in [0.2, 0.25) is 11.8 Å². The summed E-state index contributed by atoms with van der Waals surface area (Å²) in [6.45, 7) is 4.14. The number of amides is 2. The van der Waals surface area contributed by atoms with Gasteiger partial charge in [-0.2, -0.15) is 0 Å². The molecule has 2 fully saturated rings. The van der Waals surface area contributed by atoms with Gasteiger partial charge in [-0.15, -0.1) is 0 Å². The molecule has 0 unspecified atom stereocenters. The van der Waals surface area contributed by atoms with E-state index in [2.05, 4.69) is 28.2 Å². The molecule has 2 amide bonds. The number of halogens is 1. The maximum Gasteiger partial charge on any atom is 0.455 e. The highest BCUT2D eigenvalue weighted by Crippen LogP contribution is 2.52. The van der Waals surface area contributed by atoms with Crippen molar-refractivity contribution in [2.75, 3.05) is 10.2 Å². The van der Waals surface area contributed by atoms with Crippen LogP contribution in [0.5, 0.6) is 5.75 Å². The lowest BCUT2D eigenvalue weighted by atomic mass is 9.58. The fraction of sp³-hybridized carbons (Fsp3) is 0.333. The molecule has 3 aliphatic rings. The Morgan fingerprint density at radius 3 is 2.51 bits per heavy atom. The topological polar surface area (TPSA) is 99.1 Å². The number of carbonyl (C=O) groups is 2. The van der Waals surface area contributed by atoms with Crippen LogP contribution in [0.25, 0.3) is 6.08 Å². The van der Waals surface area contributed by atoms with Crippen LogP contribution in [0.1, 0.15) is 51.5 Å². The van der Waals surface area contributed by atoms with Crippen molar-refractivity contribution in [3.8, 4) is 5.75 Å². The van der Waals surface area contributed by atoms with Gasteiger partial charge < -0.3 is 20.1 Å². The maximum atomic E-state index is 14.1. The highest BCUT2D eigenvalue weighted by Gasteiger charge is 2.57. The van der Waals surface area contributed by atoms with Gasteiger partial charge in [0.25, 0.3) is 0 Å². The van der Waals surface area contributed by atoms with Crippen molar-refractivity contribution in [2.45, 2.75) is 58.4 Å². The number of allylic oxidation sites excluding steroid dienone is 2. The minimum atomic E-state index is -1.01. The molecule has 0 saturated carbocycles. The first-order valence-corrected chi connectivity index (χ1v) is 16.5. The molecule has 2 heterocycles. The Labute approximate surface area is 273 Å². The zero-order valence-electron chi connectivity index (χ0n) is 25.6. The van der Waals surface area contributed by atoms with Crippen molar-refractivity contribution >= 4 is 58.0 Å². The number of aromatic hydroxyl groups is 1. The van der Waals surface area contributed by atoms with Crippen LogP contribution in [0.2, 0.25) is 6.32 Å². The second-order valence-corrected chi connectivity index (χ2v) is 13.3. The van der Waals surface area contributed by atoms with Gasteiger partial charge in [-0.05, 0) is 105 Å². The number of carbonyl (C=O) groups excluding carboxylic acids is 2. The Kier molecular flexibility index (Phi) is 9.31. The SMILES string of the molecule is CCCC1=C2[C@@H](CC/C(C)=C/c3cc(Br)ccc3O)OB(O)C[C@@H]2[C@@H]2C(=O)N(c3ccc(Nc4ccccc4)cc3)C(=O)[C@@H]2C1. The number of nitrogens with zero attached hydrogens (tertiary/aromatic N) is 1. The smallest absolute Gasteiger partial charge is 0.455 e. The van der Waals surface area contributed by atoms with Gasteiger partial charge in [-0.1, -0.05) is 64.7 Å². The Hall–Kier alpha value is -3.66. The normalized spacial score (nSPS) is 23.3. The van der Waals surface area contributed by atoms with Crippen molar-refractivity contribution in [3.05, 3.63) is 99.6 Å². The van der Waals surface area contributed by atoms with E-state index in [-0.39, 0.29) is 29.6 Å². The van der Waals surface area contributed by atoms with E-state index in [1.54, 1.807) is 12.1 Å². The number of hydrogen-bond donors (Lipinski definition) is 3. The van der Waals surface area contributed by atoms with Crippen molar-refractivity contribution < 1.29 is 24.4 Å². The molecule has 2 aliphatic heterocycles. The molecule has 0 spiro atoms. The minimum absolute atomic E-state index is 0.161. The summed E-state index contributed by atoms with van der Waals surface area (Å²) in [5.41, 5.74) is 6.48. The molecular weight excluding hydrogens is 631 g/mol. The predicted octanol–water partition coefficient (Wildman–Crippen LogP) is 7.88. The molecule has 3 aromatic rings. The third-order valence-corrected chi connectivity index (χ3v) is 9.73. The summed E-state index contributed by atoms with van der Waals surface area (Å²) in [5, 5.41) is 24.5. The second-order valence-electron chi connectivity index (χ2n) is 12.3. The molecular formula is C36H38BBrN2O5. The quantitative estimate of drug-likeness (QED) is 0.122. The van der Waals surface area contributed by atoms with Gasteiger partial charge in [0.05, 0.1) is 23.6 Å². The van der Waals surface area contributed by atoms with Crippen molar-refractivity contribution in [2.24, 2.45) is 17.8 Å². The number of rotatable bonds is 9. The lowest BCUT2D eigenvalue weighted by Gasteiger charge is -2.43. The third-order valence-electron chi connectivity index (χ3n) is 9.24. The molecule has 2 saturated heterocycles.